The lowest BCUT2D eigenvalue weighted by atomic mass is 10.1. The number of nitrogen functional groups attached to an aromatic ring is 1. The van der Waals surface area contributed by atoms with Gasteiger partial charge in [0.2, 0.25) is 10.0 Å². The first-order valence-electron chi connectivity index (χ1n) is 7.45. The highest BCUT2D eigenvalue weighted by atomic mass is 32.2. The van der Waals surface area contributed by atoms with Gasteiger partial charge in [0.1, 0.15) is 0 Å². The van der Waals surface area contributed by atoms with E-state index in [1.807, 2.05) is 0 Å². The molecule has 2 rings (SSSR count). The maximum atomic E-state index is 12.6. The van der Waals surface area contributed by atoms with E-state index in [1.54, 1.807) is 26.0 Å². The van der Waals surface area contributed by atoms with Crippen molar-refractivity contribution in [3.8, 4) is 0 Å². The summed E-state index contributed by atoms with van der Waals surface area (Å²) in [7, 11) is -3.49. The molecule has 118 valence electrons. The highest BCUT2D eigenvalue weighted by Gasteiger charge is 2.26. The van der Waals surface area contributed by atoms with Crippen molar-refractivity contribution in [3.63, 3.8) is 0 Å². The lowest BCUT2D eigenvalue weighted by Crippen LogP contribution is -2.40. The minimum absolute atomic E-state index is 0.305. The van der Waals surface area contributed by atoms with Crippen LogP contribution in [0.3, 0.4) is 0 Å². The third-order valence-corrected chi connectivity index (χ3v) is 5.89. The summed E-state index contributed by atoms with van der Waals surface area (Å²) < 4.78 is 27.9. The molecule has 1 fully saturated rings. The van der Waals surface area contributed by atoms with Gasteiger partial charge in [0, 0.05) is 18.3 Å². The van der Waals surface area contributed by atoms with Crippen LogP contribution in [0.4, 0.5) is 5.69 Å². The zero-order chi connectivity index (χ0) is 15.6. The van der Waals surface area contributed by atoms with Crippen LogP contribution in [0.5, 0.6) is 0 Å². The predicted molar refractivity (Wildman–Crippen MR) is 85.8 cm³/mol. The van der Waals surface area contributed by atoms with E-state index in [2.05, 4.69) is 16.5 Å². The Balaban J connectivity index is 2.16. The highest BCUT2D eigenvalue weighted by Crippen LogP contribution is 2.23. The molecule has 3 N–H and O–H groups in total. The average molecular weight is 311 g/mol. The largest absolute Gasteiger partial charge is 0.399 e. The molecular formula is C15H25N3O2S. The number of likely N-dealkylation sites (tertiary alicyclic amines) is 1. The molecule has 1 unspecified atom stereocenters. The van der Waals surface area contributed by atoms with E-state index in [-0.39, 0.29) is 0 Å². The van der Waals surface area contributed by atoms with Crippen LogP contribution in [0.15, 0.2) is 17.0 Å². The van der Waals surface area contributed by atoms with Gasteiger partial charge in [-0.25, -0.2) is 13.1 Å². The number of nitrogens with one attached hydrogen (secondary N) is 1. The first-order chi connectivity index (χ1) is 9.85. The van der Waals surface area contributed by atoms with Crippen molar-refractivity contribution in [2.24, 2.45) is 0 Å². The summed E-state index contributed by atoms with van der Waals surface area (Å²) in [5, 5.41) is 0. The van der Waals surface area contributed by atoms with Crippen molar-refractivity contribution in [2.45, 2.75) is 44.6 Å². The summed E-state index contributed by atoms with van der Waals surface area (Å²) in [5.41, 5.74) is 7.74. The number of benzene rings is 1. The second-order valence-electron chi connectivity index (χ2n) is 5.76. The van der Waals surface area contributed by atoms with Gasteiger partial charge in [0.05, 0.1) is 4.90 Å². The van der Waals surface area contributed by atoms with Gasteiger partial charge in [-0.1, -0.05) is 6.92 Å². The molecule has 0 radical (unpaired) electrons. The normalized spacial score (nSPS) is 20.0. The Morgan fingerprint density at radius 1 is 1.33 bits per heavy atom. The molecule has 1 aromatic carbocycles. The zero-order valence-corrected chi connectivity index (χ0v) is 13.8. The van der Waals surface area contributed by atoms with Crippen molar-refractivity contribution in [1.82, 2.24) is 9.62 Å². The molecule has 21 heavy (non-hydrogen) atoms. The van der Waals surface area contributed by atoms with Crippen molar-refractivity contribution >= 4 is 15.7 Å². The quantitative estimate of drug-likeness (QED) is 0.811. The van der Waals surface area contributed by atoms with Gasteiger partial charge in [0.15, 0.2) is 0 Å². The molecule has 1 aliphatic heterocycles. The molecule has 5 nitrogen and oxygen atoms in total. The summed E-state index contributed by atoms with van der Waals surface area (Å²) >= 11 is 0. The topological polar surface area (TPSA) is 75.4 Å². The monoisotopic (exact) mass is 311 g/mol. The van der Waals surface area contributed by atoms with Gasteiger partial charge < -0.3 is 5.73 Å². The van der Waals surface area contributed by atoms with E-state index in [9.17, 15) is 8.42 Å². The molecule has 0 saturated carbocycles. The van der Waals surface area contributed by atoms with Crippen LogP contribution in [0, 0.1) is 13.8 Å². The Morgan fingerprint density at radius 3 is 2.52 bits per heavy atom. The molecule has 1 atom stereocenters. The van der Waals surface area contributed by atoms with Gasteiger partial charge in [-0.3, -0.25) is 4.90 Å². The number of sulfonamides is 1. The Labute approximate surface area is 127 Å². The second kappa shape index (κ2) is 6.34. The number of likely N-dealkylation sites (N-methyl/N-ethyl adjacent to an activating group) is 1. The smallest absolute Gasteiger partial charge is 0.241 e. The van der Waals surface area contributed by atoms with Gasteiger partial charge in [-0.15, -0.1) is 0 Å². The van der Waals surface area contributed by atoms with Crippen LogP contribution >= 0.6 is 0 Å². The van der Waals surface area contributed by atoms with Crippen molar-refractivity contribution in [3.05, 3.63) is 23.3 Å². The first kappa shape index (κ1) is 16.3. The fourth-order valence-corrected chi connectivity index (χ4v) is 4.75. The standard InChI is InChI=1S/C15H25N3O2S/c1-4-18-7-5-6-14(18)10-17-21(19,20)15-11(2)8-13(16)9-12(15)3/h8-9,14,17H,4-7,10,16H2,1-3H3. The van der Waals surface area contributed by atoms with E-state index >= 15 is 0 Å². The third-order valence-electron chi connectivity index (χ3n) is 4.17. The molecule has 1 aromatic rings. The Bertz CT molecular complexity index is 590. The maximum absolute atomic E-state index is 12.6. The lowest BCUT2D eigenvalue weighted by Gasteiger charge is -2.23. The highest BCUT2D eigenvalue weighted by molar-refractivity contribution is 7.89. The molecule has 0 spiro atoms. The minimum Gasteiger partial charge on any atom is -0.399 e. The van der Waals surface area contributed by atoms with E-state index in [4.69, 9.17) is 5.73 Å². The zero-order valence-electron chi connectivity index (χ0n) is 13.0. The van der Waals surface area contributed by atoms with Crippen LogP contribution in [0.1, 0.15) is 30.9 Å². The third kappa shape index (κ3) is 3.56. The molecule has 6 heteroatoms. The Morgan fingerprint density at radius 2 is 1.95 bits per heavy atom. The summed E-state index contributed by atoms with van der Waals surface area (Å²) in [4.78, 5) is 2.68. The van der Waals surface area contributed by atoms with Crippen molar-refractivity contribution in [2.75, 3.05) is 25.4 Å². The number of nitrogens with zero attached hydrogens (tertiary/aromatic N) is 1. The molecule has 0 bridgehead atoms. The van der Waals surface area contributed by atoms with Gasteiger partial charge in [-0.2, -0.15) is 0 Å². The van der Waals surface area contributed by atoms with Crippen LogP contribution in [-0.2, 0) is 10.0 Å². The number of rotatable bonds is 5. The maximum Gasteiger partial charge on any atom is 0.241 e. The number of nitrogens with two attached hydrogens (primary N) is 1. The van der Waals surface area contributed by atoms with E-state index in [0.717, 1.165) is 25.9 Å². The van der Waals surface area contributed by atoms with E-state index in [0.29, 0.717) is 34.3 Å². The molecular weight excluding hydrogens is 286 g/mol. The summed E-state index contributed by atoms with van der Waals surface area (Å²) in [6.45, 7) is 8.17. The van der Waals surface area contributed by atoms with Crippen molar-refractivity contribution < 1.29 is 8.42 Å². The first-order valence-corrected chi connectivity index (χ1v) is 8.94. The molecule has 1 heterocycles. The predicted octanol–water partition coefficient (Wildman–Crippen LogP) is 1.65. The SMILES string of the molecule is CCN1CCCC1CNS(=O)(=O)c1c(C)cc(N)cc1C. The van der Waals surface area contributed by atoms with Crippen LogP contribution in [0.2, 0.25) is 0 Å². The molecule has 0 amide bonds. The fraction of sp³-hybridized carbons (Fsp3) is 0.600. The summed E-state index contributed by atoms with van der Waals surface area (Å²) in [6.07, 6.45) is 2.19. The Hall–Kier alpha value is -1.11. The lowest BCUT2D eigenvalue weighted by molar-refractivity contribution is 0.268. The molecule has 1 saturated heterocycles. The summed E-state index contributed by atoms with van der Waals surface area (Å²) in [5.74, 6) is 0. The summed E-state index contributed by atoms with van der Waals surface area (Å²) in [6, 6.07) is 3.71. The van der Waals surface area contributed by atoms with E-state index in [1.165, 1.54) is 0 Å². The van der Waals surface area contributed by atoms with Crippen LogP contribution in [-0.4, -0.2) is 39.0 Å². The van der Waals surface area contributed by atoms with Crippen LogP contribution in [0.25, 0.3) is 0 Å². The molecule has 0 aliphatic carbocycles. The van der Waals surface area contributed by atoms with Gasteiger partial charge >= 0.3 is 0 Å². The number of aryl methyl sites for hydroxylation is 2. The van der Waals surface area contributed by atoms with E-state index < -0.39 is 10.0 Å². The second-order valence-corrected chi connectivity index (χ2v) is 7.46. The van der Waals surface area contributed by atoms with Gasteiger partial charge in [0.25, 0.3) is 0 Å². The Kier molecular flexibility index (Phi) is 4.91. The number of anilines is 1. The minimum atomic E-state index is -3.49. The number of hydrogen-bond acceptors (Lipinski definition) is 4. The molecule has 0 aromatic heterocycles. The van der Waals surface area contributed by atoms with Crippen LogP contribution < -0.4 is 10.5 Å². The average Bonchev–Trinajstić information content (AvgIpc) is 2.82. The molecule has 1 aliphatic rings. The fourth-order valence-electron chi connectivity index (χ4n) is 3.23. The number of hydrogen-bond donors (Lipinski definition) is 2. The van der Waals surface area contributed by atoms with Crippen molar-refractivity contribution in [1.29, 1.82) is 0 Å². The van der Waals surface area contributed by atoms with Gasteiger partial charge in [-0.05, 0) is 63.0 Å².